The summed E-state index contributed by atoms with van der Waals surface area (Å²) in [5.41, 5.74) is 0.511. The molecule has 0 aliphatic rings. The van der Waals surface area contributed by atoms with Crippen LogP contribution >= 0.6 is 0 Å². The quantitative estimate of drug-likeness (QED) is 0.847. The summed E-state index contributed by atoms with van der Waals surface area (Å²) in [6, 6.07) is 7.35. The monoisotopic (exact) mass is 305 g/mol. The van der Waals surface area contributed by atoms with Gasteiger partial charge in [0.25, 0.3) is 0 Å². The van der Waals surface area contributed by atoms with E-state index in [1.807, 2.05) is 0 Å². The van der Waals surface area contributed by atoms with Crippen molar-refractivity contribution >= 4 is 5.97 Å². The number of hydrogen-bond acceptors (Lipinski definition) is 4. The van der Waals surface area contributed by atoms with Crippen LogP contribution in [0.1, 0.15) is 18.5 Å². The number of carbonyl (C=O) groups excluding carboxylic acids is 1. The molecule has 0 spiro atoms. The number of likely N-dealkylation sites (N-methyl/N-ethyl adjacent to an activating group) is 1. The Kier molecular flexibility index (Phi) is 5.74. The Hall–Kier alpha value is -1.60. The Morgan fingerprint density at radius 1 is 1.24 bits per heavy atom. The molecule has 0 bridgehead atoms. The molecule has 0 saturated heterocycles. The number of esters is 1. The van der Waals surface area contributed by atoms with Gasteiger partial charge in [0, 0.05) is 6.92 Å². The molecule has 0 radical (unpaired) electrons. The van der Waals surface area contributed by atoms with Gasteiger partial charge in [-0.25, -0.2) is 0 Å². The van der Waals surface area contributed by atoms with E-state index in [1.165, 1.54) is 4.90 Å². The number of hydrogen-bond donors (Lipinski definition) is 1. The van der Waals surface area contributed by atoms with Crippen molar-refractivity contribution in [1.82, 2.24) is 4.90 Å². The Morgan fingerprint density at radius 2 is 1.76 bits per heavy atom. The van der Waals surface area contributed by atoms with Gasteiger partial charge in [0.05, 0.1) is 6.04 Å². The zero-order chi connectivity index (χ0) is 16.2. The van der Waals surface area contributed by atoms with Crippen molar-refractivity contribution in [2.45, 2.75) is 31.3 Å². The molecule has 0 saturated carbocycles. The van der Waals surface area contributed by atoms with Crippen LogP contribution in [-0.4, -0.2) is 48.5 Å². The lowest BCUT2D eigenvalue weighted by Crippen LogP contribution is -2.48. The minimum absolute atomic E-state index is 0.511. The summed E-state index contributed by atoms with van der Waals surface area (Å²) < 4.78 is 43.3. The lowest BCUT2D eigenvalue weighted by Gasteiger charge is -2.35. The smallest absolute Gasteiger partial charge is 0.418 e. The van der Waals surface area contributed by atoms with E-state index in [9.17, 15) is 23.1 Å². The molecule has 1 rings (SSSR count). The molecule has 1 aromatic carbocycles. The van der Waals surface area contributed by atoms with E-state index in [0.29, 0.717) is 5.56 Å². The number of alkyl halides is 3. The molecular weight excluding hydrogens is 287 g/mol. The first kappa shape index (κ1) is 17.5. The van der Waals surface area contributed by atoms with Crippen molar-refractivity contribution in [3.8, 4) is 0 Å². The van der Waals surface area contributed by atoms with E-state index in [4.69, 9.17) is 4.74 Å². The summed E-state index contributed by atoms with van der Waals surface area (Å²) in [5.74, 6) is -0.883. The van der Waals surface area contributed by atoms with E-state index in [1.54, 1.807) is 44.4 Å². The number of rotatable bonds is 5. The first-order valence-corrected chi connectivity index (χ1v) is 6.28. The van der Waals surface area contributed by atoms with Crippen LogP contribution in [0.25, 0.3) is 0 Å². The highest BCUT2D eigenvalue weighted by Crippen LogP contribution is 2.33. The van der Waals surface area contributed by atoms with Gasteiger partial charge in [-0.2, -0.15) is 13.2 Å². The van der Waals surface area contributed by atoms with Crippen molar-refractivity contribution in [1.29, 1.82) is 0 Å². The van der Waals surface area contributed by atoms with E-state index in [2.05, 4.69) is 0 Å². The van der Waals surface area contributed by atoms with Crippen molar-refractivity contribution in [3.05, 3.63) is 35.9 Å². The van der Waals surface area contributed by atoms with Gasteiger partial charge >= 0.3 is 12.1 Å². The highest BCUT2D eigenvalue weighted by atomic mass is 19.4. The van der Waals surface area contributed by atoms with Crippen LogP contribution in [0.3, 0.4) is 0 Å². The fraction of sp³-hybridized carbons (Fsp3) is 0.500. The largest absolute Gasteiger partial charge is 0.457 e. The predicted molar refractivity (Wildman–Crippen MR) is 70.5 cm³/mol. The van der Waals surface area contributed by atoms with Crippen LogP contribution in [0.5, 0.6) is 0 Å². The molecule has 0 amide bonds. The predicted octanol–water partition coefficient (Wildman–Crippen LogP) is 2.14. The van der Waals surface area contributed by atoms with Gasteiger partial charge in [0.2, 0.25) is 0 Å². The first-order valence-electron chi connectivity index (χ1n) is 6.28. The summed E-state index contributed by atoms with van der Waals surface area (Å²) in [7, 11) is 3.11. The van der Waals surface area contributed by atoms with Crippen molar-refractivity contribution in [2.24, 2.45) is 0 Å². The molecule has 118 valence electrons. The molecule has 1 aromatic rings. The summed E-state index contributed by atoms with van der Waals surface area (Å²) in [6.45, 7) is 1.01. The molecule has 7 heteroatoms. The lowest BCUT2D eigenvalue weighted by molar-refractivity contribution is -0.242. The Morgan fingerprint density at radius 3 is 2.14 bits per heavy atom. The lowest BCUT2D eigenvalue weighted by atomic mass is 9.96. The molecule has 4 nitrogen and oxygen atoms in total. The maximum absolute atomic E-state index is 12.8. The summed E-state index contributed by atoms with van der Waals surface area (Å²) in [6.07, 6.45) is -9.41. The Balaban J connectivity index is 3.22. The molecule has 21 heavy (non-hydrogen) atoms. The topological polar surface area (TPSA) is 49.8 Å². The first-order chi connectivity index (χ1) is 9.64. The molecule has 0 fully saturated rings. The number of nitrogens with zero attached hydrogens (tertiary/aromatic N) is 1. The third-order valence-corrected chi connectivity index (χ3v) is 2.96. The summed E-state index contributed by atoms with van der Waals surface area (Å²) in [5, 5.41) is 9.55. The second kappa shape index (κ2) is 6.91. The maximum atomic E-state index is 12.8. The van der Waals surface area contributed by atoms with Gasteiger partial charge in [-0.1, -0.05) is 30.3 Å². The number of aliphatic hydroxyl groups is 1. The summed E-state index contributed by atoms with van der Waals surface area (Å²) in [4.78, 5) is 12.6. The molecule has 0 unspecified atom stereocenters. The fourth-order valence-electron chi connectivity index (χ4n) is 2.11. The van der Waals surface area contributed by atoms with Gasteiger partial charge in [-0.05, 0) is 19.7 Å². The number of benzene rings is 1. The van der Waals surface area contributed by atoms with E-state index < -0.39 is 30.4 Å². The highest BCUT2D eigenvalue weighted by molar-refractivity contribution is 5.66. The van der Waals surface area contributed by atoms with Crippen LogP contribution in [0, 0.1) is 0 Å². The molecule has 0 aromatic heterocycles. The average molecular weight is 305 g/mol. The molecule has 0 aliphatic carbocycles. The number of halogens is 3. The van der Waals surface area contributed by atoms with Crippen LogP contribution in [0.4, 0.5) is 13.2 Å². The third kappa shape index (κ3) is 4.71. The van der Waals surface area contributed by atoms with Crippen LogP contribution in [0.2, 0.25) is 0 Å². The second-order valence-electron chi connectivity index (χ2n) is 4.88. The molecule has 0 heterocycles. The van der Waals surface area contributed by atoms with Gasteiger partial charge in [0.1, 0.15) is 0 Å². The normalized spacial score (nSPS) is 16.4. The van der Waals surface area contributed by atoms with Crippen LogP contribution < -0.4 is 0 Å². The molecular formula is C14H18F3NO3. The van der Waals surface area contributed by atoms with Gasteiger partial charge < -0.3 is 9.84 Å². The molecule has 1 N–H and O–H groups in total. The van der Waals surface area contributed by atoms with E-state index in [0.717, 1.165) is 6.92 Å². The Labute approximate surface area is 121 Å². The minimum Gasteiger partial charge on any atom is -0.457 e. The zero-order valence-corrected chi connectivity index (χ0v) is 12.0. The van der Waals surface area contributed by atoms with Gasteiger partial charge in [-0.15, -0.1) is 0 Å². The van der Waals surface area contributed by atoms with Crippen LogP contribution in [-0.2, 0) is 9.53 Å². The molecule has 0 aliphatic heterocycles. The number of ether oxygens (including phenoxy) is 1. The van der Waals surface area contributed by atoms with Crippen molar-refractivity contribution in [2.75, 3.05) is 14.1 Å². The van der Waals surface area contributed by atoms with Crippen molar-refractivity contribution < 1.29 is 27.8 Å². The Bertz CT molecular complexity index is 462. The SMILES string of the molecule is CC(=O)O[C@@H]([C@H](c1ccccc1)N(C)C)[C@H](O)C(F)(F)F. The average Bonchev–Trinajstić information content (AvgIpc) is 2.36. The zero-order valence-electron chi connectivity index (χ0n) is 12.0. The van der Waals surface area contributed by atoms with Gasteiger partial charge in [0.15, 0.2) is 12.2 Å². The van der Waals surface area contributed by atoms with E-state index in [-0.39, 0.29) is 0 Å². The number of aliphatic hydroxyl groups excluding tert-OH is 1. The molecule has 3 atom stereocenters. The third-order valence-electron chi connectivity index (χ3n) is 2.96. The minimum atomic E-state index is -4.89. The standard InChI is InChI=1S/C14H18F3NO3/c1-9(19)21-12(13(20)14(15,16)17)11(18(2)3)10-7-5-4-6-8-10/h4-8,11-13,20H,1-3H3/t11-,12-,13-/m0/s1. The summed E-state index contributed by atoms with van der Waals surface area (Å²) >= 11 is 0. The number of carbonyl (C=O) groups is 1. The second-order valence-corrected chi connectivity index (χ2v) is 4.88. The van der Waals surface area contributed by atoms with Gasteiger partial charge in [-0.3, -0.25) is 9.69 Å². The maximum Gasteiger partial charge on any atom is 0.418 e. The van der Waals surface area contributed by atoms with E-state index >= 15 is 0 Å². The van der Waals surface area contributed by atoms with Crippen molar-refractivity contribution in [3.63, 3.8) is 0 Å². The van der Waals surface area contributed by atoms with Crippen LogP contribution in [0.15, 0.2) is 30.3 Å². The fourth-order valence-corrected chi connectivity index (χ4v) is 2.11. The highest BCUT2D eigenvalue weighted by Gasteiger charge is 2.49.